The molecule has 106 valence electrons. The van der Waals surface area contributed by atoms with E-state index >= 15 is 0 Å². The summed E-state index contributed by atoms with van der Waals surface area (Å²) in [4.78, 5) is 9.53. The van der Waals surface area contributed by atoms with Crippen molar-refractivity contribution in [3.8, 4) is 0 Å². The minimum atomic E-state index is -4.46. The first-order valence-electron chi connectivity index (χ1n) is 4.86. The fourth-order valence-corrected chi connectivity index (χ4v) is 4.16. The number of sulfonamides is 2. The van der Waals surface area contributed by atoms with Crippen molar-refractivity contribution in [3.63, 3.8) is 0 Å². The van der Waals surface area contributed by atoms with Crippen LogP contribution in [0.25, 0.3) is 0 Å². The summed E-state index contributed by atoms with van der Waals surface area (Å²) >= 11 is 0. The highest BCUT2D eigenvalue weighted by Crippen LogP contribution is 2.27. The number of carbonyl (C=O) groups excluding carboxylic acids is 1. The van der Waals surface area contributed by atoms with E-state index in [-0.39, 0.29) is 5.69 Å². The molecule has 0 unspecified atom stereocenters. The molecule has 1 rings (SSSR count). The summed E-state index contributed by atoms with van der Waals surface area (Å²) in [7, 11) is -4.73. The number of nitrogens with zero attached hydrogens (tertiary/aromatic N) is 4. The second-order valence-corrected chi connectivity index (χ2v) is 7.40. The van der Waals surface area contributed by atoms with E-state index in [1.807, 2.05) is 0 Å². The minimum Gasteiger partial charge on any atom is -0.255 e. The number of rotatable bonds is 4. The molecular weight excluding hydrogens is 296 g/mol. The van der Waals surface area contributed by atoms with E-state index in [0.29, 0.717) is 0 Å². The van der Waals surface area contributed by atoms with Gasteiger partial charge in [-0.15, -0.1) is 0 Å². The second-order valence-electron chi connectivity index (χ2n) is 3.79. The molecule has 0 atom stereocenters. The van der Waals surface area contributed by atoms with Gasteiger partial charge in [0.1, 0.15) is 0 Å². The van der Waals surface area contributed by atoms with Gasteiger partial charge in [-0.3, -0.25) is 4.68 Å². The summed E-state index contributed by atoms with van der Waals surface area (Å²) in [5.74, 6) is 0. The van der Waals surface area contributed by atoms with Crippen LogP contribution in [0.1, 0.15) is 5.69 Å². The molecule has 0 saturated heterocycles. The predicted molar refractivity (Wildman–Crippen MR) is 64.1 cm³/mol. The Morgan fingerprint density at radius 3 is 2.21 bits per heavy atom. The average molecular weight is 308 g/mol. The summed E-state index contributed by atoms with van der Waals surface area (Å²) < 4.78 is 52.2. The Bertz CT molecular complexity index is 753. The molecule has 9 nitrogen and oxygen atoms in total. The molecule has 19 heavy (non-hydrogen) atoms. The molecule has 0 aliphatic carbocycles. The maximum Gasteiger partial charge on any atom is 0.297 e. The highest BCUT2D eigenvalue weighted by molar-refractivity contribution is 7.92. The molecule has 0 spiro atoms. The third kappa shape index (κ3) is 2.59. The van der Waals surface area contributed by atoms with Gasteiger partial charge in [0.05, 0.1) is 5.69 Å². The quantitative estimate of drug-likeness (QED) is 0.520. The molecule has 0 N–H and O–H groups in total. The molecule has 1 aromatic rings. The topological polar surface area (TPSA) is 119 Å². The lowest BCUT2D eigenvalue weighted by atomic mass is 10.5. The Hall–Kier alpha value is -1.55. The number of aryl methyl sites for hydroxylation is 2. The van der Waals surface area contributed by atoms with E-state index < -0.39 is 30.0 Å². The van der Waals surface area contributed by atoms with E-state index in [0.717, 1.165) is 15.1 Å². The number of aromatic nitrogens is 2. The van der Waals surface area contributed by atoms with Crippen molar-refractivity contribution >= 4 is 26.1 Å². The molecule has 0 aliphatic heterocycles. The summed E-state index contributed by atoms with van der Waals surface area (Å²) in [6.45, 7) is 1.31. The van der Waals surface area contributed by atoms with E-state index in [2.05, 4.69) is 9.50 Å². The largest absolute Gasteiger partial charge is 0.297 e. The van der Waals surface area contributed by atoms with E-state index in [9.17, 15) is 21.6 Å². The van der Waals surface area contributed by atoms with Crippen LogP contribution in [0.2, 0.25) is 0 Å². The summed E-state index contributed by atoms with van der Waals surface area (Å²) in [5.41, 5.74) is -0.0677. The lowest BCUT2D eigenvalue weighted by molar-refractivity contribution is 0.501. The average Bonchev–Trinajstić information content (AvgIpc) is 2.54. The molecule has 0 saturated carbocycles. The zero-order valence-electron chi connectivity index (χ0n) is 10.6. The van der Waals surface area contributed by atoms with Crippen molar-refractivity contribution in [1.82, 2.24) is 14.1 Å². The fraction of sp³-hybridized carbons (Fsp3) is 0.500. The molecule has 0 amide bonds. The standard InChI is InChI=1S/C8H12N4O5S2/c1-6-7(18(14,15)9-5-13)8(12(4)10-6)19(16,17)11(2)3/h1-4H3. The van der Waals surface area contributed by atoms with Crippen LogP contribution in [0.4, 0.5) is 0 Å². The monoisotopic (exact) mass is 308 g/mol. The van der Waals surface area contributed by atoms with Crippen LogP contribution < -0.4 is 0 Å². The van der Waals surface area contributed by atoms with Gasteiger partial charge >= 0.3 is 0 Å². The van der Waals surface area contributed by atoms with Crippen molar-refractivity contribution in [3.05, 3.63) is 5.69 Å². The minimum absolute atomic E-state index is 0.0677. The van der Waals surface area contributed by atoms with Gasteiger partial charge in [-0.25, -0.2) is 17.5 Å². The van der Waals surface area contributed by atoms with Crippen molar-refractivity contribution in [2.75, 3.05) is 14.1 Å². The van der Waals surface area contributed by atoms with Gasteiger partial charge in [0.2, 0.25) is 0 Å². The second kappa shape index (κ2) is 4.85. The molecule has 1 heterocycles. The van der Waals surface area contributed by atoms with Gasteiger partial charge in [0.25, 0.3) is 26.1 Å². The Morgan fingerprint density at radius 2 is 1.79 bits per heavy atom. The fourth-order valence-electron chi connectivity index (χ4n) is 1.47. The Kier molecular flexibility index (Phi) is 3.96. The van der Waals surface area contributed by atoms with Crippen molar-refractivity contribution in [2.45, 2.75) is 16.8 Å². The first-order chi connectivity index (χ1) is 8.55. The van der Waals surface area contributed by atoms with Crippen LogP contribution >= 0.6 is 0 Å². The maximum absolute atomic E-state index is 12.1. The third-order valence-corrected chi connectivity index (χ3v) is 5.62. The first-order valence-corrected chi connectivity index (χ1v) is 7.74. The van der Waals surface area contributed by atoms with Gasteiger partial charge in [-0.1, -0.05) is 4.40 Å². The molecule has 0 radical (unpaired) electrons. The zero-order chi connectivity index (χ0) is 15.0. The van der Waals surface area contributed by atoms with Crippen molar-refractivity contribution < 1.29 is 21.6 Å². The lowest BCUT2D eigenvalue weighted by Crippen LogP contribution is -2.26. The molecule has 0 aliphatic rings. The maximum atomic E-state index is 12.1. The van der Waals surface area contributed by atoms with Crippen LogP contribution in [0, 0.1) is 6.92 Å². The summed E-state index contributed by atoms with van der Waals surface area (Å²) in [6.07, 6.45) is 0.892. The van der Waals surface area contributed by atoms with Gasteiger partial charge in [0.15, 0.2) is 9.92 Å². The van der Waals surface area contributed by atoms with E-state index in [4.69, 9.17) is 0 Å². The van der Waals surface area contributed by atoms with Gasteiger partial charge in [0, 0.05) is 21.1 Å². The number of hydrogen-bond acceptors (Lipinski definition) is 6. The van der Waals surface area contributed by atoms with Crippen molar-refractivity contribution in [2.24, 2.45) is 11.4 Å². The normalized spacial score (nSPS) is 12.5. The van der Waals surface area contributed by atoms with Gasteiger partial charge in [-0.2, -0.15) is 13.5 Å². The van der Waals surface area contributed by atoms with Crippen LogP contribution in [-0.4, -0.2) is 51.1 Å². The first kappa shape index (κ1) is 15.5. The van der Waals surface area contributed by atoms with Crippen LogP contribution in [0.15, 0.2) is 14.3 Å². The van der Waals surface area contributed by atoms with Crippen LogP contribution in [0.3, 0.4) is 0 Å². The SMILES string of the molecule is Cc1nn(C)c(S(=O)(=O)N(C)C)c1S(=O)(=O)N=C=O. The molecule has 0 bridgehead atoms. The van der Waals surface area contributed by atoms with Gasteiger partial charge in [-0.05, 0) is 6.92 Å². The molecule has 0 fully saturated rings. The van der Waals surface area contributed by atoms with Crippen LogP contribution in [0.5, 0.6) is 0 Å². The number of isocyanates is 1. The molecule has 11 heteroatoms. The lowest BCUT2D eigenvalue weighted by Gasteiger charge is -2.12. The third-order valence-electron chi connectivity index (χ3n) is 2.26. The summed E-state index contributed by atoms with van der Waals surface area (Å²) in [5, 5.41) is 3.20. The highest BCUT2D eigenvalue weighted by Gasteiger charge is 2.34. The Morgan fingerprint density at radius 1 is 1.26 bits per heavy atom. The van der Waals surface area contributed by atoms with E-state index in [1.165, 1.54) is 28.1 Å². The Balaban J connectivity index is 3.85. The van der Waals surface area contributed by atoms with Crippen molar-refractivity contribution in [1.29, 1.82) is 0 Å². The molecular formula is C8H12N4O5S2. The predicted octanol–water partition coefficient (Wildman–Crippen LogP) is -0.997. The van der Waals surface area contributed by atoms with E-state index in [1.54, 1.807) is 0 Å². The smallest absolute Gasteiger partial charge is 0.255 e. The van der Waals surface area contributed by atoms with Gasteiger partial charge < -0.3 is 0 Å². The summed E-state index contributed by atoms with van der Waals surface area (Å²) in [6, 6.07) is 0. The molecule has 1 aromatic heterocycles. The number of hydrogen-bond donors (Lipinski definition) is 0. The molecule has 0 aromatic carbocycles. The Labute approximate surface area is 110 Å². The highest BCUT2D eigenvalue weighted by atomic mass is 32.2. The van der Waals surface area contributed by atoms with Crippen LogP contribution in [-0.2, 0) is 31.9 Å². The zero-order valence-corrected chi connectivity index (χ0v) is 12.3.